The molecular formula is C18H19FN2O2. The number of aliphatic hydroxyl groups is 1. The van der Waals surface area contributed by atoms with E-state index in [2.05, 4.69) is 10.6 Å². The van der Waals surface area contributed by atoms with Crippen molar-refractivity contribution in [2.45, 2.75) is 18.0 Å². The molecule has 3 atom stereocenters. The molecule has 0 aliphatic carbocycles. The quantitative estimate of drug-likeness (QED) is 0.787. The molecule has 2 aromatic carbocycles. The summed E-state index contributed by atoms with van der Waals surface area (Å²) in [4.78, 5) is 12.1. The first-order chi connectivity index (χ1) is 11.2. The van der Waals surface area contributed by atoms with E-state index in [0.717, 1.165) is 5.56 Å². The molecule has 3 rings (SSSR count). The first kappa shape index (κ1) is 15.6. The van der Waals surface area contributed by atoms with E-state index in [-0.39, 0.29) is 30.2 Å². The van der Waals surface area contributed by atoms with E-state index in [1.54, 1.807) is 12.1 Å². The van der Waals surface area contributed by atoms with Crippen LogP contribution in [0.4, 0.5) is 4.39 Å². The highest BCUT2D eigenvalue weighted by molar-refractivity contribution is 5.94. The highest BCUT2D eigenvalue weighted by Gasteiger charge is 2.40. The summed E-state index contributed by atoms with van der Waals surface area (Å²) in [5.74, 6) is -0.828. The molecule has 5 heteroatoms. The Kier molecular flexibility index (Phi) is 4.69. The molecule has 0 bridgehead atoms. The third kappa shape index (κ3) is 3.25. The fraction of sp³-hybridized carbons (Fsp3) is 0.278. The largest absolute Gasteiger partial charge is 0.395 e. The standard InChI is InChI=1S/C18H19FN2O2/c19-14-9-5-4-8-13(14)18(23)20-10-15-17(16(11-22)21-15)12-6-2-1-3-7-12/h1-9,15-17,21-22H,10-11H2,(H,20,23)/t15-,16-,17-/m0/s1. The fourth-order valence-electron chi connectivity index (χ4n) is 3.08. The Morgan fingerprint density at radius 3 is 2.48 bits per heavy atom. The average molecular weight is 314 g/mol. The van der Waals surface area contributed by atoms with Crippen LogP contribution in [0.2, 0.25) is 0 Å². The molecule has 0 saturated carbocycles. The second kappa shape index (κ2) is 6.89. The van der Waals surface area contributed by atoms with E-state index in [9.17, 15) is 14.3 Å². The van der Waals surface area contributed by atoms with Crippen molar-refractivity contribution < 1.29 is 14.3 Å². The number of rotatable bonds is 5. The number of hydrogen-bond acceptors (Lipinski definition) is 3. The maximum absolute atomic E-state index is 13.6. The highest BCUT2D eigenvalue weighted by Crippen LogP contribution is 2.31. The molecular weight excluding hydrogens is 295 g/mol. The van der Waals surface area contributed by atoms with Gasteiger partial charge in [-0.2, -0.15) is 0 Å². The van der Waals surface area contributed by atoms with E-state index < -0.39 is 11.7 Å². The van der Waals surface area contributed by atoms with Crippen molar-refractivity contribution >= 4 is 5.91 Å². The van der Waals surface area contributed by atoms with Crippen LogP contribution in [0.3, 0.4) is 0 Å². The van der Waals surface area contributed by atoms with Crippen molar-refractivity contribution in [1.82, 2.24) is 10.6 Å². The van der Waals surface area contributed by atoms with Crippen LogP contribution in [-0.4, -0.2) is 36.2 Å². The predicted octanol–water partition coefficient (Wildman–Crippen LogP) is 1.67. The Bertz CT molecular complexity index is 678. The Hall–Kier alpha value is -2.24. The number of carbonyl (C=O) groups is 1. The first-order valence-corrected chi connectivity index (χ1v) is 7.65. The van der Waals surface area contributed by atoms with E-state index in [1.165, 1.54) is 12.1 Å². The van der Waals surface area contributed by atoms with E-state index >= 15 is 0 Å². The van der Waals surface area contributed by atoms with Gasteiger partial charge in [-0.15, -0.1) is 0 Å². The maximum Gasteiger partial charge on any atom is 0.254 e. The van der Waals surface area contributed by atoms with Crippen molar-refractivity contribution in [1.29, 1.82) is 0 Å². The van der Waals surface area contributed by atoms with Crippen LogP contribution < -0.4 is 10.6 Å². The minimum Gasteiger partial charge on any atom is -0.395 e. The summed E-state index contributed by atoms with van der Waals surface area (Å²) >= 11 is 0. The summed E-state index contributed by atoms with van der Waals surface area (Å²) in [6.45, 7) is 0.417. The minimum absolute atomic E-state index is 0.0188. The van der Waals surface area contributed by atoms with E-state index in [4.69, 9.17) is 0 Å². The molecule has 120 valence electrons. The molecule has 23 heavy (non-hydrogen) atoms. The van der Waals surface area contributed by atoms with E-state index in [0.29, 0.717) is 6.54 Å². The molecule has 1 saturated heterocycles. The molecule has 4 nitrogen and oxygen atoms in total. The van der Waals surface area contributed by atoms with Crippen molar-refractivity contribution in [3.05, 3.63) is 71.5 Å². The smallest absolute Gasteiger partial charge is 0.254 e. The summed E-state index contributed by atoms with van der Waals surface area (Å²) in [5.41, 5.74) is 1.16. The summed E-state index contributed by atoms with van der Waals surface area (Å²) in [6.07, 6.45) is 0. The summed E-state index contributed by atoms with van der Waals surface area (Å²) in [7, 11) is 0. The number of hydrogen-bond donors (Lipinski definition) is 3. The molecule has 3 N–H and O–H groups in total. The number of benzene rings is 2. The van der Waals surface area contributed by atoms with Gasteiger partial charge in [-0.25, -0.2) is 4.39 Å². The molecule has 1 fully saturated rings. The number of halogens is 1. The molecule has 0 aromatic heterocycles. The van der Waals surface area contributed by atoms with Crippen LogP contribution in [0.25, 0.3) is 0 Å². The zero-order valence-corrected chi connectivity index (χ0v) is 12.6. The van der Waals surface area contributed by atoms with Gasteiger partial charge in [0.25, 0.3) is 5.91 Å². The lowest BCUT2D eigenvalue weighted by molar-refractivity contribution is 0.0906. The van der Waals surface area contributed by atoms with Crippen molar-refractivity contribution in [2.24, 2.45) is 0 Å². The number of carbonyl (C=O) groups excluding carboxylic acids is 1. The molecule has 1 heterocycles. The van der Waals surface area contributed by atoms with Crippen LogP contribution in [-0.2, 0) is 0 Å². The third-order valence-electron chi connectivity index (χ3n) is 4.28. The van der Waals surface area contributed by atoms with Crippen molar-refractivity contribution in [3.8, 4) is 0 Å². The first-order valence-electron chi connectivity index (χ1n) is 7.65. The second-order valence-electron chi connectivity index (χ2n) is 5.69. The van der Waals surface area contributed by atoms with Gasteiger partial charge in [-0.05, 0) is 17.7 Å². The Balaban J connectivity index is 1.64. The Morgan fingerprint density at radius 1 is 1.09 bits per heavy atom. The lowest BCUT2D eigenvalue weighted by Gasteiger charge is -2.46. The monoisotopic (exact) mass is 314 g/mol. The van der Waals surface area contributed by atoms with Gasteiger partial charge in [-0.3, -0.25) is 4.79 Å². The number of nitrogens with one attached hydrogen (secondary N) is 2. The van der Waals surface area contributed by atoms with Gasteiger partial charge in [0.05, 0.1) is 12.2 Å². The Morgan fingerprint density at radius 2 is 1.78 bits per heavy atom. The van der Waals surface area contributed by atoms with Gasteiger partial charge in [0, 0.05) is 24.5 Å². The molecule has 0 radical (unpaired) electrons. The van der Waals surface area contributed by atoms with Gasteiger partial charge < -0.3 is 15.7 Å². The normalized spacial score (nSPS) is 23.1. The number of aliphatic hydroxyl groups excluding tert-OH is 1. The van der Waals surface area contributed by atoms with Gasteiger partial charge in [0.2, 0.25) is 0 Å². The van der Waals surface area contributed by atoms with Crippen LogP contribution in [0.15, 0.2) is 54.6 Å². The highest BCUT2D eigenvalue weighted by atomic mass is 19.1. The van der Waals surface area contributed by atoms with Crippen LogP contribution in [0.1, 0.15) is 21.8 Å². The third-order valence-corrected chi connectivity index (χ3v) is 4.28. The van der Waals surface area contributed by atoms with Crippen LogP contribution in [0, 0.1) is 5.82 Å². The van der Waals surface area contributed by atoms with Crippen LogP contribution in [0.5, 0.6) is 0 Å². The topological polar surface area (TPSA) is 61.4 Å². The van der Waals surface area contributed by atoms with Crippen molar-refractivity contribution in [2.75, 3.05) is 13.2 Å². The average Bonchev–Trinajstić information content (AvgIpc) is 2.55. The van der Waals surface area contributed by atoms with Gasteiger partial charge >= 0.3 is 0 Å². The molecule has 1 aliphatic rings. The molecule has 0 spiro atoms. The lowest BCUT2D eigenvalue weighted by Crippen LogP contribution is -2.64. The van der Waals surface area contributed by atoms with Gasteiger partial charge in [0.15, 0.2) is 0 Å². The maximum atomic E-state index is 13.6. The Labute approximate surface area is 134 Å². The molecule has 1 amide bonds. The van der Waals surface area contributed by atoms with Crippen molar-refractivity contribution in [3.63, 3.8) is 0 Å². The molecule has 0 unspecified atom stereocenters. The molecule has 2 aromatic rings. The van der Waals surface area contributed by atoms with Gasteiger partial charge in [0.1, 0.15) is 5.82 Å². The van der Waals surface area contributed by atoms with Gasteiger partial charge in [-0.1, -0.05) is 42.5 Å². The summed E-state index contributed by atoms with van der Waals surface area (Å²) in [6, 6.07) is 15.8. The zero-order chi connectivity index (χ0) is 16.2. The second-order valence-corrected chi connectivity index (χ2v) is 5.69. The SMILES string of the molecule is O=C(NC[C@@H]1N[C@@H](CO)[C@H]1c1ccccc1)c1ccccc1F. The minimum atomic E-state index is -0.528. The predicted molar refractivity (Wildman–Crippen MR) is 85.7 cm³/mol. The summed E-state index contributed by atoms with van der Waals surface area (Å²) in [5, 5.41) is 15.4. The zero-order valence-electron chi connectivity index (χ0n) is 12.6. The van der Waals surface area contributed by atoms with Crippen LogP contribution >= 0.6 is 0 Å². The number of amides is 1. The lowest BCUT2D eigenvalue weighted by atomic mass is 9.77. The fourth-order valence-corrected chi connectivity index (χ4v) is 3.08. The molecule has 1 aliphatic heterocycles. The van der Waals surface area contributed by atoms with E-state index in [1.807, 2.05) is 30.3 Å². The summed E-state index contributed by atoms with van der Waals surface area (Å²) < 4.78 is 13.6.